The minimum Gasteiger partial charge on any atom is -0.496 e. The fourth-order valence-corrected chi connectivity index (χ4v) is 3.66. The maximum atomic E-state index is 5.65. The van der Waals surface area contributed by atoms with Crippen LogP contribution in [0.25, 0.3) is 22.6 Å². The van der Waals surface area contributed by atoms with E-state index in [-0.39, 0.29) is 48.2 Å². The lowest BCUT2D eigenvalue weighted by atomic mass is 10.1. The fraction of sp³-hybridized carbons (Fsp3) is 0.217. The zero-order chi connectivity index (χ0) is 20.3. The minimum atomic E-state index is 0. The molecular weight excluding hydrogens is 515 g/mol. The Kier molecular flexibility index (Phi) is 13.2. The highest BCUT2D eigenvalue weighted by Gasteiger charge is 2.15. The maximum absolute atomic E-state index is 5.65. The van der Waals surface area contributed by atoms with Crippen molar-refractivity contribution in [3.63, 3.8) is 0 Å². The molecule has 12 heteroatoms. The van der Waals surface area contributed by atoms with E-state index in [1.807, 2.05) is 48.5 Å². The van der Waals surface area contributed by atoms with Crippen LogP contribution in [0.3, 0.4) is 0 Å². The molecule has 1 aromatic heterocycles. The number of ether oxygens (including phenoxy) is 1. The van der Waals surface area contributed by atoms with Crippen molar-refractivity contribution in [3.8, 4) is 28.4 Å². The highest BCUT2D eigenvalue weighted by molar-refractivity contribution is 6.01. The average Bonchev–Trinajstić information content (AvgIpc) is 3.53. The van der Waals surface area contributed by atoms with Gasteiger partial charge in [-0.3, -0.25) is 9.98 Å². The first-order valence-corrected chi connectivity index (χ1v) is 10.0. The lowest BCUT2D eigenvalue weighted by Gasteiger charge is -2.12. The number of nitrogens with one attached hydrogen (secondary N) is 2. The lowest BCUT2D eigenvalue weighted by Crippen LogP contribution is -2.19. The van der Waals surface area contributed by atoms with Crippen LogP contribution in [0, 0.1) is 0 Å². The summed E-state index contributed by atoms with van der Waals surface area (Å²) in [6, 6.07) is 16.1. The third kappa shape index (κ3) is 6.81. The van der Waals surface area contributed by atoms with Crippen LogP contribution in [-0.2, 0) is 0 Å². The molecule has 0 spiro atoms. The molecule has 0 saturated heterocycles. The molecule has 2 aliphatic rings. The molecule has 6 N–H and O–H groups in total. The van der Waals surface area contributed by atoms with Crippen molar-refractivity contribution in [3.05, 3.63) is 65.9 Å². The Morgan fingerprint density at radius 3 is 1.89 bits per heavy atom. The van der Waals surface area contributed by atoms with Crippen LogP contribution in [0.2, 0.25) is 0 Å². The Labute approximate surface area is 222 Å². The Bertz CT molecular complexity index is 1160. The summed E-state index contributed by atoms with van der Waals surface area (Å²) in [4.78, 5) is 18.2. The molecule has 9 nitrogen and oxygen atoms in total. The molecule has 3 heterocycles. The molecule has 0 unspecified atom stereocenters. The summed E-state index contributed by atoms with van der Waals surface area (Å²) < 4.78 is 5.65. The molecule has 0 amide bonds. The largest absolute Gasteiger partial charge is 0.496 e. The van der Waals surface area contributed by atoms with Crippen LogP contribution >= 0.6 is 37.2 Å². The summed E-state index contributed by atoms with van der Waals surface area (Å²) >= 11 is 0. The molecule has 5 rings (SSSR count). The van der Waals surface area contributed by atoms with Crippen molar-refractivity contribution >= 4 is 48.9 Å². The maximum Gasteiger partial charge on any atom is 0.159 e. The molecule has 0 radical (unpaired) electrons. The molecule has 2 aromatic carbocycles. The van der Waals surface area contributed by atoms with Crippen LogP contribution < -0.4 is 15.4 Å². The standard InChI is InChI=1S/C23H22N6O.3ClH.2H2O/c1-30-20-14-17(22-27-12-13-28-22)6-7-18(20)19-8-9-24-23(29-19)16-4-2-15(3-5-16)21-25-10-11-26-21;;;;;/h2-9,14H,10-13H2,1H3,(H,25,26)(H,27,28);3*1H;2*1H2. The van der Waals surface area contributed by atoms with Crippen molar-refractivity contribution < 1.29 is 15.7 Å². The monoisotopic (exact) mass is 542 g/mol. The molecule has 0 atom stereocenters. The zero-order valence-electron chi connectivity index (χ0n) is 18.9. The van der Waals surface area contributed by atoms with Gasteiger partial charge < -0.3 is 26.3 Å². The van der Waals surface area contributed by atoms with Gasteiger partial charge in [0.25, 0.3) is 0 Å². The summed E-state index contributed by atoms with van der Waals surface area (Å²) in [6.07, 6.45) is 1.78. The Morgan fingerprint density at radius 1 is 0.743 bits per heavy atom. The number of aliphatic imine (C=N–C) groups is 2. The van der Waals surface area contributed by atoms with E-state index in [0.717, 1.165) is 71.5 Å². The zero-order valence-corrected chi connectivity index (χ0v) is 21.4. The van der Waals surface area contributed by atoms with Gasteiger partial charge in [0, 0.05) is 41.5 Å². The molecule has 0 saturated carbocycles. The fourth-order valence-electron chi connectivity index (χ4n) is 3.66. The minimum absolute atomic E-state index is 0. The van der Waals surface area contributed by atoms with Gasteiger partial charge in [0.05, 0.1) is 25.9 Å². The highest BCUT2D eigenvalue weighted by atomic mass is 35.5. The average molecular weight is 544 g/mol. The van der Waals surface area contributed by atoms with Gasteiger partial charge in [-0.15, -0.1) is 37.2 Å². The van der Waals surface area contributed by atoms with Crippen LogP contribution in [0.15, 0.2) is 64.7 Å². The molecule has 35 heavy (non-hydrogen) atoms. The summed E-state index contributed by atoms with van der Waals surface area (Å²) in [5.74, 6) is 3.29. The van der Waals surface area contributed by atoms with E-state index in [0.29, 0.717) is 5.82 Å². The second-order valence-electron chi connectivity index (χ2n) is 7.07. The van der Waals surface area contributed by atoms with Crippen LogP contribution in [0.5, 0.6) is 5.75 Å². The van der Waals surface area contributed by atoms with Crippen molar-refractivity contribution in [2.75, 3.05) is 33.3 Å². The predicted molar refractivity (Wildman–Crippen MR) is 147 cm³/mol. The lowest BCUT2D eigenvalue weighted by molar-refractivity contribution is 0.416. The summed E-state index contributed by atoms with van der Waals surface area (Å²) in [6.45, 7) is 3.40. The van der Waals surface area contributed by atoms with E-state index >= 15 is 0 Å². The van der Waals surface area contributed by atoms with Gasteiger partial charge in [0.15, 0.2) is 5.82 Å². The summed E-state index contributed by atoms with van der Waals surface area (Å²) in [5, 5.41) is 6.59. The van der Waals surface area contributed by atoms with Crippen molar-refractivity contribution in [2.45, 2.75) is 0 Å². The van der Waals surface area contributed by atoms with E-state index in [2.05, 4.69) is 25.6 Å². The van der Waals surface area contributed by atoms with E-state index < -0.39 is 0 Å². The number of amidine groups is 2. The third-order valence-corrected chi connectivity index (χ3v) is 5.17. The van der Waals surface area contributed by atoms with Gasteiger partial charge in [0.2, 0.25) is 0 Å². The van der Waals surface area contributed by atoms with E-state index in [1.165, 1.54) is 0 Å². The SMILES string of the molecule is COc1cc(C2=NCCN2)ccc1-c1ccnc(-c2ccc(C3=NCCN3)cc2)n1.Cl.Cl.Cl.O.O. The summed E-state index contributed by atoms with van der Waals surface area (Å²) in [5.41, 5.74) is 4.79. The van der Waals surface area contributed by atoms with Gasteiger partial charge in [0.1, 0.15) is 17.4 Å². The number of nitrogens with zero attached hydrogens (tertiary/aromatic N) is 4. The first kappa shape index (κ1) is 32.0. The smallest absolute Gasteiger partial charge is 0.159 e. The number of hydrogen-bond donors (Lipinski definition) is 2. The molecular formula is C23H29Cl3N6O3. The van der Waals surface area contributed by atoms with E-state index in [9.17, 15) is 0 Å². The predicted octanol–water partition coefficient (Wildman–Crippen LogP) is 2.13. The number of halogens is 3. The second-order valence-corrected chi connectivity index (χ2v) is 7.07. The van der Waals surface area contributed by atoms with Crippen molar-refractivity contribution in [1.29, 1.82) is 0 Å². The van der Waals surface area contributed by atoms with Gasteiger partial charge >= 0.3 is 0 Å². The van der Waals surface area contributed by atoms with Crippen molar-refractivity contribution in [2.24, 2.45) is 9.98 Å². The number of rotatable bonds is 5. The first-order valence-electron chi connectivity index (χ1n) is 10.0. The molecule has 0 fully saturated rings. The first-order chi connectivity index (χ1) is 14.8. The quantitative estimate of drug-likeness (QED) is 0.506. The van der Waals surface area contributed by atoms with E-state index in [1.54, 1.807) is 13.3 Å². The Morgan fingerprint density at radius 2 is 1.31 bits per heavy atom. The van der Waals surface area contributed by atoms with E-state index in [4.69, 9.17) is 9.72 Å². The molecule has 3 aromatic rings. The topological polar surface area (TPSA) is 147 Å². The van der Waals surface area contributed by atoms with Crippen LogP contribution in [0.1, 0.15) is 11.1 Å². The number of aromatic nitrogens is 2. The number of methoxy groups -OCH3 is 1. The number of hydrogen-bond acceptors (Lipinski definition) is 7. The van der Waals surface area contributed by atoms with Crippen LogP contribution in [-0.4, -0.2) is 65.9 Å². The van der Waals surface area contributed by atoms with Gasteiger partial charge in [-0.1, -0.05) is 30.3 Å². The van der Waals surface area contributed by atoms with Crippen LogP contribution in [0.4, 0.5) is 0 Å². The van der Waals surface area contributed by atoms with Gasteiger partial charge in [-0.25, -0.2) is 9.97 Å². The molecule has 2 aliphatic heterocycles. The Hall–Kier alpha value is -2.95. The normalized spacial score (nSPS) is 13.1. The van der Waals surface area contributed by atoms with Gasteiger partial charge in [-0.2, -0.15) is 0 Å². The molecule has 0 aliphatic carbocycles. The molecule has 190 valence electrons. The number of benzene rings is 2. The highest BCUT2D eigenvalue weighted by Crippen LogP contribution is 2.31. The second kappa shape index (κ2) is 14.4. The summed E-state index contributed by atoms with van der Waals surface area (Å²) in [7, 11) is 1.67. The Balaban J connectivity index is 0.00000231. The third-order valence-electron chi connectivity index (χ3n) is 5.17. The molecule has 0 bridgehead atoms. The van der Waals surface area contributed by atoms with Gasteiger partial charge in [-0.05, 0) is 18.2 Å². The van der Waals surface area contributed by atoms with Crippen molar-refractivity contribution in [1.82, 2.24) is 20.6 Å².